The topological polar surface area (TPSA) is 45.5 Å². The molecule has 130 valence electrons. The Morgan fingerprint density at radius 2 is 1.76 bits per heavy atom. The maximum absolute atomic E-state index is 9.23. The molecule has 4 nitrogen and oxygen atoms in total. The van der Waals surface area contributed by atoms with E-state index in [9.17, 15) is 5.26 Å². The second kappa shape index (κ2) is 8.79. The number of hydrogen-bond acceptors (Lipinski definition) is 4. The molecule has 0 aliphatic carbocycles. The Balaban J connectivity index is 2.62. The maximum atomic E-state index is 9.23. The van der Waals surface area contributed by atoms with Gasteiger partial charge >= 0.3 is 0 Å². The van der Waals surface area contributed by atoms with E-state index in [4.69, 9.17) is 9.47 Å². The van der Waals surface area contributed by atoms with Crippen LogP contribution in [0.3, 0.4) is 0 Å². The molecule has 0 atom stereocenters. The Bertz CT molecular complexity index is 763. The SMILES string of the molecule is C=C(c1ccccc1)c1cc(OC)c(OC)cc1N(CC#N)CCC. The van der Waals surface area contributed by atoms with Crippen LogP contribution >= 0.6 is 0 Å². The lowest BCUT2D eigenvalue weighted by Gasteiger charge is -2.26. The summed E-state index contributed by atoms with van der Waals surface area (Å²) in [5.41, 5.74) is 3.78. The lowest BCUT2D eigenvalue weighted by molar-refractivity contribution is 0.355. The molecule has 0 N–H and O–H groups in total. The fourth-order valence-electron chi connectivity index (χ4n) is 2.81. The van der Waals surface area contributed by atoms with E-state index in [-0.39, 0.29) is 0 Å². The van der Waals surface area contributed by atoms with Gasteiger partial charge in [-0.15, -0.1) is 0 Å². The van der Waals surface area contributed by atoms with Crippen LogP contribution in [-0.4, -0.2) is 27.3 Å². The van der Waals surface area contributed by atoms with Crippen LogP contribution in [-0.2, 0) is 0 Å². The predicted molar refractivity (Wildman–Crippen MR) is 102 cm³/mol. The minimum Gasteiger partial charge on any atom is -0.493 e. The molecule has 0 radical (unpaired) electrons. The van der Waals surface area contributed by atoms with E-state index in [1.54, 1.807) is 14.2 Å². The van der Waals surface area contributed by atoms with Crippen molar-refractivity contribution in [3.05, 3.63) is 60.2 Å². The second-order valence-corrected chi connectivity index (χ2v) is 5.65. The third kappa shape index (κ3) is 4.13. The molecule has 2 aromatic rings. The fourth-order valence-corrected chi connectivity index (χ4v) is 2.81. The molecule has 2 aromatic carbocycles. The van der Waals surface area contributed by atoms with Crippen LogP contribution in [0.15, 0.2) is 49.0 Å². The Hall–Kier alpha value is -2.93. The largest absolute Gasteiger partial charge is 0.493 e. The molecule has 0 unspecified atom stereocenters. The molecule has 0 saturated heterocycles. The molecule has 0 amide bonds. The van der Waals surface area contributed by atoms with Gasteiger partial charge in [0.15, 0.2) is 11.5 Å². The first kappa shape index (κ1) is 18.4. The van der Waals surface area contributed by atoms with E-state index >= 15 is 0 Å². The molecule has 2 rings (SSSR count). The number of benzene rings is 2. The first-order valence-electron chi connectivity index (χ1n) is 8.28. The third-order valence-electron chi connectivity index (χ3n) is 4.05. The van der Waals surface area contributed by atoms with Crippen LogP contribution in [0.4, 0.5) is 5.69 Å². The van der Waals surface area contributed by atoms with Gasteiger partial charge in [-0.3, -0.25) is 0 Å². The van der Waals surface area contributed by atoms with E-state index < -0.39 is 0 Å². The van der Waals surface area contributed by atoms with E-state index in [2.05, 4.69) is 19.6 Å². The summed E-state index contributed by atoms with van der Waals surface area (Å²) in [6.07, 6.45) is 0.938. The first-order valence-corrected chi connectivity index (χ1v) is 8.28. The third-order valence-corrected chi connectivity index (χ3v) is 4.05. The van der Waals surface area contributed by atoms with Crippen LogP contribution < -0.4 is 14.4 Å². The van der Waals surface area contributed by atoms with Crippen LogP contribution in [0, 0.1) is 11.3 Å². The highest BCUT2D eigenvalue weighted by Gasteiger charge is 2.18. The number of hydrogen-bond donors (Lipinski definition) is 0. The number of ether oxygens (including phenoxy) is 2. The van der Waals surface area contributed by atoms with Gasteiger partial charge < -0.3 is 14.4 Å². The molecule has 0 aliphatic rings. The highest BCUT2D eigenvalue weighted by Crippen LogP contribution is 2.39. The Kier molecular flexibility index (Phi) is 6.47. The monoisotopic (exact) mass is 336 g/mol. The summed E-state index contributed by atoms with van der Waals surface area (Å²) in [6, 6.07) is 16.1. The Morgan fingerprint density at radius 1 is 1.12 bits per heavy atom. The molecule has 0 aromatic heterocycles. The van der Waals surface area contributed by atoms with Gasteiger partial charge in [-0.25, -0.2) is 0 Å². The van der Waals surface area contributed by atoms with Gasteiger partial charge in [-0.1, -0.05) is 43.8 Å². The van der Waals surface area contributed by atoms with Crippen molar-refractivity contribution < 1.29 is 9.47 Å². The second-order valence-electron chi connectivity index (χ2n) is 5.65. The van der Waals surface area contributed by atoms with Crippen molar-refractivity contribution in [3.63, 3.8) is 0 Å². The van der Waals surface area contributed by atoms with Crippen molar-refractivity contribution in [3.8, 4) is 17.6 Å². The summed E-state index contributed by atoms with van der Waals surface area (Å²) in [7, 11) is 3.23. The fraction of sp³-hybridized carbons (Fsp3) is 0.286. The molecule has 0 fully saturated rings. The summed E-state index contributed by atoms with van der Waals surface area (Å²) in [6.45, 7) is 7.46. The minimum absolute atomic E-state index is 0.304. The average molecular weight is 336 g/mol. The van der Waals surface area contributed by atoms with Crippen molar-refractivity contribution >= 4 is 11.3 Å². The molecule has 0 heterocycles. The molecule has 4 heteroatoms. The molecule has 0 spiro atoms. The van der Waals surface area contributed by atoms with E-state index in [0.29, 0.717) is 18.0 Å². The highest BCUT2D eigenvalue weighted by molar-refractivity contribution is 5.87. The number of nitriles is 1. The van der Waals surface area contributed by atoms with Gasteiger partial charge in [-0.05, 0) is 23.6 Å². The van der Waals surface area contributed by atoms with E-state index in [1.807, 2.05) is 47.4 Å². The van der Waals surface area contributed by atoms with Crippen molar-refractivity contribution in [1.29, 1.82) is 5.26 Å². The molecule has 0 aliphatic heterocycles. The zero-order valence-corrected chi connectivity index (χ0v) is 15.1. The number of nitrogens with zero attached hydrogens (tertiary/aromatic N) is 2. The summed E-state index contributed by atoms with van der Waals surface area (Å²) in [5.74, 6) is 1.29. The minimum atomic E-state index is 0.304. The quantitative estimate of drug-likeness (QED) is 0.666. The normalized spacial score (nSPS) is 10.0. The van der Waals surface area contributed by atoms with Gasteiger partial charge in [0.05, 0.1) is 20.3 Å². The van der Waals surface area contributed by atoms with Crippen molar-refractivity contribution in [2.75, 3.05) is 32.2 Å². The van der Waals surface area contributed by atoms with Gasteiger partial charge in [-0.2, -0.15) is 5.26 Å². The summed E-state index contributed by atoms with van der Waals surface area (Å²) in [5, 5.41) is 9.23. The molecular formula is C21H24N2O2. The molecule has 0 bridgehead atoms. The van der Waals surface area contributed by atoms with Crippen LogP contribution in [0.2, 0.25) is 0 Å². The summed E-state index contributed by atoms with van der Waals surface area (Å²) >= 11 is 0. The zero-order chi connectivity index (χ0) is 18.2. The molecule has 0 saturated carbocycles. The first-order chi connectivity index (χ1) is 12.2. The van der Waals surface area contributed by atoms with Crippen molar-refractivity contribution in [2.45, 2.75) is 13.3 Å². The maximum Gasteiger partial charge on any atom is 0.162 e. The summed E-state index contributed by atoms with van der Waals surface area (Å²) in [4.78, 5) is 2.05. The molecular weight excluding hydrogens is 312 g/mol. The Labute approximate surface area is 149 Å². The number of anilines is 1. The molecule has 25 heavy (non-hydrogen) atoms. The van der Waals surface area contributed by atoms with Crippen LogP contribution in [0.25, 0.3) is 5.57 Å². The van der Waals surface area contributed by atoms with Crippen molar-refractivity contribution in [2.24, 2.45) is 0 Å². The van der Waals surface area contributed by atoms with Gasteiger partial charge in [0, 0.05) is 23.9 Å². The standard InChI is InChI=1S/C21H24N2O2/c1-5-12-23(13-11-22)19-15-21(25-4)20(24-3)14-18(19)16(2)17-9-7-6-8-10-17/h6-10,14-15H,2,5,12-13H2,1,3-4H3. The van der Waals surface area contributed by atoms with Crippen LogP contribution in [0.5, 0.6) is 11.5 Å². The summed E-state index contributed by atoms with van der Waals surface area (Å²) < 4.78 is 10.9. The lowest BCUT2D eigenvalue weighted by atomic mass is 9.96. The Morgan fingerprint density at radius 3 is 2.32 bits per heavy atom. The average Bonchev–Trinajstić information content (AvgIpc) is 2.66. The highest BCUT2D eigenvalue weighted by atomic mass is 16.5. The number of rotatable bonds is 8. The zero-order valence-electron chi connectivity index (χ0n) is 15.1. The van der Waals surface area contributed by atoms with E-state index in [1.165, 1.54) is 0 Å². The van der Waals surface area contributed by atoms with Crippen LogP contribution in [0.1, 0.15) is 24.5 Å². The van der Waals surface area contributed by atoms with Gasteiger partial charge in [0.25, 0.3) is 0 Å². The smallest absolute Gasteiger partial charge is 0.162 e. The van der Waals surface area contributed by atoms with Gasteiger partial charge in [0.1, 0.15) is 6.54 Å². The number of methoxy groups -OCH3 is 2. The van der Waals surface area contributed by atoms with E-state index in [0.717, 1.165) is 35.4 Å². The van der Waals surface area contributed by atoms with Crippen molar-refractivity contribution in [1.82, 2.24) is 0 Å². The predicted octanol–water partition coefficient (Wildman–Crippen LogP) is 4.51. The van der Waals surface area contributed by atoms with Gasteiger partial charge in [0.2, 0.25) is 0 Å². The lowest BCUT2D eigenvalue weighted by Crippen LogP contribution is -2.25.